The van der Waals surface area contributed by atoms with Gasteiger partial charge < -0.3 is 10.1 Å². The van der Waals surface area contributed by atoms with Gasteiger partial charge in [0.1, 0.15) is 0 Å². The fourth-order valence-corrected chi connectivity index (χ4v) is 2.07. The molecule has 19 heavy (non-hydrogen) atoms. The van der Waals surface area contributed by atoms with Crippen LogP contribution in [-0.2, 0) is 10.0 Å². The van der Waals surface area contributed by atoms with Crippen LogP contribution in [0.5, 0.6) is 5.75 Å². The summed E-state index contributed by atoms with van der Waals surface area (Å²) in [5, 5.41) is 3.10. The van der Waals surface area contributed by atoms with E-state index >= 15 is 0 Å². The molecule has 0 aliphatic rings. The molecule has 1 rings (SSSR count). The maximum Gasteiger partial charge on any atom is 0.208 e. The molecule has 0 saturated heterocycles. The highest BCUT2D eigenvalue weighted by Gasteiger charge is 2.09. The predicted octanol–water partition coefficient (Wildman–Crippen LogP) is 1.03. The Morgan fingerprint density at radius 2 is 2.05 bits per heavy atom. The Balaban J connectivity index is 2.49. The van der Waals surface area contributed by atoms with Gasteiger partial charge in [-0.2, -0.15) is 0 Å². The Morgan fingerprint density at radius 3 is 2.58 bits per heavy atom. The van der Waals surface area contributed by atoms with Crippen LogP contribution in [0, 0.1) is 5.82 Å². The van der Waals surface area contributed by atoms with E-state index in [4.69, 9.17) is 4.74 Å². The molecule has 0 saturated carbocycles. The summed E-state index contributed by atoms with van der Waals surface area (Å²) < 4.78 is 42.4. The number of ether oxygens (including phenoxy) is 1. The topological polar surface area (TPSA) is 67.4 Å². The van der Waals surface area contributed by atoms with Gasteiger partial charge in [0.25, 0.3) is 0 Å². The van der Waals surface area contributed by atoms with Gasteiger partial charge >= 0.3 is 0 Å². The lowest BCUT2D eigenvalue weighted by atomic mass is 10.1. The van der Waals surface area contributed by atoms with E-state index in [1.54, 1.807) is 12.1 Å². The largest absolute Gasteiger partial charge is 0.494 e. The van der Waals surface area contributed by atoms with Crippen LogP contribution in [0.4, 0.5) is 4.39 Å². The standard InChI is InChI=1S/C12H19FN2O3S/c1-9(14-6-7-15-19(3,16)17)10-4-5-12(18-2)11(13)8-10/h4-5,8-9,14-15H,6-7H2,1-3H3. The van der Waals surface area contributed by atoms with Crippen molar-refractivity contribution >= 4 is 10.0 Å². The van der Waals surface area contributed by atoms with Gasteiger partial charge in [-0.1, -0.05) is 6.07 Å². The molecule has 7 heteroatoms. The third-order valence-electron chi connectivity index (χ3n) is 2.62. The number of methoxy groups -OCH3 is 1. The van der Waals surface area contributed by atoms with Crippen LogP contribution in [0.2, 0.25) is 0 Å². The quantitative estimate of drug-likeness (QED) is 0.736. The molecule has 2 N–H and O–H groups in total. The van der Waals surface area contributed by atoms with Crippen molar-refractivity contribution in [1.29, 1.82) is 0 Å². The van der Waals surface area contributed by atoms with Crippen molar-refractivity contribution < 1.29 is 17.5 Å². The molecule has 0 aromatic heterocycles. The fraction of sp³-hybridized carbons (Fsp3) is 0.500. The zero-order valence-electron chi connectivity index (χ0n) is 11.2. The molecule has 0 aliphatic heterocycles. The normalized spacial score (nSPS) is 13.3. The minimum Gasteiger partial charge on any atom is -0.494 e. The van der Waals surface area contributed by atoms with Crippen LogP contribution in [0.3, 0.4) is 0 Å². The highest BCUT2D eigenvalue weighted by molar-refractivity contribution is 7.88. The Bertz CT molecular complexity index is 520. The molecular weight excluding hydrogens is 271 g/mol. The van der Waals surface area contributed by atoms with E-state index in [9.17, 15) is 12.8 Å². The second-order valence-electron chi connectivity index (χ2n) is 4.24. The average molecular weight is 290 g/mol. The van der Waals surface area contributed by atoms with E-state index in [0.717, 1.165) is 11.8 Å². The molecule has 1 unspecified atom stereocenters. The Kier molecular flexibility index (Phi) is 5.71. The molecule has 0 fully saturated rings. The van der Waals surface area contributed by atoms with Crippen LogP contribution < -0.4 is 14.8 Å². The highest BCUT2D eigenvalue weighted by Crippen LogP contribution is 2.21. The second-order valence-corrected chi connectivity index (χ2v) is 6.07. The molecule has 0 aliphatic carbocycles. The maximum atomic E-state index is 13.5. The smallest absolute Gasteiger partial charge is 0.208 e. The first-order valence-electron chi connectivity index (χ1n) is 5.85. The van der Waals surface area contributed by atoms with E-state index in [-0.39, 0.29) is 11.8 Å². The van der Waals surface area contributed by atoms with Crippen LogP contribution in [-0.4, -0.2) is 34.9 Å². The van der Waals surface area contributed by atoms with Crippen molar-refractivity contribution in [1.82, 2.24) is 10.0 Å². The van der Waals surface area contributed by atoms with Gasteiger partial charge in [0.15, 0.2) is 11.6 Å². The SMILES string of the molecule is COc1ccc(C(C)NCCNS(C)(=O)=O)cc1F. The molecule has 0 bridgehead atoms. The van der Waals surface area contributed by atoms with Gasteiger partial charge in [0.05, 0.1) is 13.4 Å². The number of hydrogen-bond donors (Lipinski definition) is 2. The highest BCUT2D eigenvalue weighted by atomic mass is 32.2. The Hall–Kier alpha value is -1.18. The summed E-state index contributed by atoms with van der Waals surface area (Å²) in [5.41, 5.74) is 0.776. The fourth-order valence-electron chi connectivity index (χ4n) is 1.59. The summed E-state index contributed by atoms with van der Waals surface area (Å²) in [6.45, 7) is 2.63. The molecule has 0 spiro atoms. The molecule has 0 amide bonds. The van der Waals surface area contributed by atoms with Gasteiger partial charge in [0.2, 0.25) is 10.0 Å². The van der Waals surface area contributed by atoms with Crippen LogP contribution in [0.1, 0.15) is 18.5 Å². The average Bonchev–Trinajstić information content (AvgIpc) is 2.33. The van der Waals surface area contributed by atoms with E-state index in [0.29, 0.717) is 13.1 Å². The molecular formula is C12H19FN2O3S. The number of halogens is 1. The summed E-state index contributed by atoms with van der Waals surface area (Å²) in [6, 6.07) is 4.66. The zero-order valence-corrected chi connectivity index (χ0v) is 12.1. The summed E-state index contributed by atoms with van der Waals surface area (Å²) >= 11 is 0. The molecule has 1 atom stereocenters. The monoisotopic (exact) mass is 290 g/mol. The first kappa shape index (κ1) is 15.9. The molecule has 0 heterocycles. The third-order valence-corrected chi connectivity index (χ3v) is 3.34. The first-order valence-corrected chi connectivity index (χ1v) is 7.74. The number of hydrogen-bond acceptors (Lipinski definition) is 4. The van der Waals surface area contributed by atoms with Gasteiger partial charge in [-0.3, -0.25) is 0 Å². The number of nitrogens with one attached hydrogen (secondary N) is 2. The number of sulfonamides is 1. The lowest BCUT2D eigenvalue weighted by Gasteiger charge is -2.15. The van der Waals surface area contributed by atoms with Crippen molar-refractivity contribution in [3.63, 3.8) is 0 Å². The van der Waals surface area contributed by atoms with E-state index in [2.05, 4.69) is 10.0 Å². The van der Waals surface area contributed by atoms with Crippen molar-refractivity contribution in [3.05, 3.63) is 29.6 Å². The van der Waals surface area contributed by atoms with E-state index in [1.165, 1.54) is 13.2 Å². The third kappa shape index (κ3) is 5.54. The number of rotatable bonds is 7. The minimum atomic E-state index is -3.17. The van der Waals surface area contributed by atoms with Gasteiger partial charge in [-0.15, -0.1) is 0 Å². The second kappa shape index (κ2) is 6.83. The molecule has 5 nitrogen and oxygen atoms in total. The maximum absolute atomic E-state index is 13.5. The summed E-state index contributed by atoms with van der Waals surface area (Å²) in [5.74, 6) is -0.211. The molecule has 1 aromatic carbocycles. The van der Waals surface area contributed by atoms with Crippen molar-refractivity contribution in [2.45, 2.75) is 13.0 Å². The van der Waals surface area contributed by atoms with Gasteiger partial charge in [-0.25, -0.2) is 17.5 Å². The van der Waals surface area contributed by atoms with Crippen LogP contribution in [0.25, 0.3) is 0 Å². The van der Waals surface area contributed by atoms with E-state index < -0.39 is 15.8 Å². The minimum absolute atomic E-state index is 0.0817. The summed E-state index contributed by atoms with van der Waals surface area (Å²) in [4.78, 5) is 0. The summed E-state index contributed by atoms with van der Waals surface area (Å²) in [6.07, 6.45) is 1.11. The first-order chi connectivity index (χ1) is 8.83. The zero-order chi connectivity index (χ0) is 14.5. The van der Waals surface area contributed by atoms with Crippen LogP contribution in [0.15, 0.2) is 18.2 Å². The summed E-state index contributed by atoms with van der Waals surface area (Å²) in [7, 11) is -1.76. The van der Waals surface area contributed by atoms with Crippen LogP contribution >= 0.6 is 0 Å². The lowest BCUT2D eigenvalue weighted by Crippen LogP contribution is -2.32. The van der Waals surface area contributed by atoms with Gasteiger partial charge in [-0.05, 0) is 24.6 Å². The molecule has 0 radical (unpaired) electrons. The lowest BCUT2D eigenvalue weighted by molar-refractivity contribution is 0.385. The molecule has 108 valence electrons. The van der Waals surface area contributed by atoms with Crippen molar-refractivity contribution in [2.24, 2.45) is 0 Å². The van der Waals surface area contributed by atoms with Crippen molar-refractivity contribution in [2.75, 3.05) is 26.5 Å². The Labute approximate surface area is 113 Å². The van der Waals surface area contributed by atoms with E-state index in [1.807, 2.05) is 6.92 Å². The van der Waals surface area contributed by atoms with Crippen molar-refractivity contribution in [3.8, 4) is 5.75 Å². The Morgan fingerprint density at radius 1 is 1.37 bits per heavy atom. The van der Waals surface area contributed by atoms with Gasteiger partial charge in [0, 0.05) is 19.1 Å². The molecule has 1 aromatic rings. The predicted molar refractivity (Wildman–Crippen MR) is 72.2 cm³/mol. The number of benzene rings is 1.